The third-order valence-corrected chi connectivity index (χ3v) is 4.85. The molecule has 0 aromatic carbocycles. The molecule has 0 aromatic rings. The van der Waals surface area contributed by atoms with Gasteiger partial charge in [-0.15, -0.1) is 0 Å². The first-order valence-electron chi connectivity index (χ1n) is 8.25. The fourth-order valence-electron chi connectivity index (χ4n) is 3.81. The van der Waals surface area contributed by atoms with Crippen LogP contribution in [0, 0.1) is 11.8 Å². The second kappa shape index (κ2) is 7.28. The Morgan fingerprint density at radius 1 is 1.26 bits per heavy atom. The molecular weight excluding hydrogens is 236 g/mol. The molecule has 2 N–H and O–H groups in total. The van der Waals surface area contributed by atoms with Gasteiger partial charge in [0.15, 0.2) is 0 Å². The topological polar surface area (TPSA) is 46.3 Å². The lowest BCUT2D eigenvalue weighted by molar-refractivity contribution is -0.137. The fraction of sp³-hybridized carbons (Fsp3) is 0.938. The van der Waals surface area contributed by atoms with Crippen molar-refractivity contribution in [3.8, 4) is 0 Å². The summed E-state index contributed by atoms with van der Waals surface area (Å²) in [6.07, 6.45) is 10.9. The number of nitrogens with zero attached hydrogens (tertiary/aromatic N) is 1. The molecule has 0 bridgehead atoms. The van der Waals surface area contributed by atoms with E-state index in [4.69, 9.17) is 5.73 Å². The molecule has 0 aromatic heterocycles. The van der Waals surface area contributed by atoms with Crippen LogP contribution in [0.4, 0.5) is 0 Å². The normalized spacial score (nSPS) is 26.6. The first-order chi connectivity index (χ1) is 9.20. The second-order valence-corrected chi connectivity index (χ2v) is 6.56. The molecule has 2 aliphatic rings. The summed E-state index contributed by atoms with van der Waals surface area (Å²) in [5.74, 6) is 1.46. The Morgan fingerprint density at radius 2 is 2.00 bits per heavy atom. The molecule has 1 heterocycles. The zero-order valence-corrected chi connectivity index (χ0v) is 12.4. The molecule has 2 fully saturated rings. The predicted octanol–water partition coefficient (Wildman–Crippen LogP) is 2.93. The summed E-state index contributed by atoms with van der Waals surface area (Å²) >= 11 is 0. The highest BCUT2D eigenvalue weighted by Gasteiger charge is 2.29. The van der Waals surface area contributed by atoms with Crippen LogP contribution in [0.1, 0.15) is 64.7 Å². The van der Waals surface area contributed by atoms with E-state index >= 15 is 0 Å². The van der Waals surface area contributed by atoms with E-state index in [1.807, 2.05) is 4.90 Å². The lowest BCUT2D eigenvalue weighted by Crippen LogP contribution is -2.48. The maximum Gasteiger partial charge on any atom is 0.225 e. The molecule has 3 heteroatoms. The number of likely N-dealkylation sites (tertiary alicyclic amines) is 1. The van der Waals surface area contributed by atoms with Gasteiger partial charge in [0.25, 0.3) is 0 Å². The Balaban J connectivity index is 1.90. The van der Waals surface area contributed by atoms with Gasteiger partial charge in [0.1, 0.15) is 0 Å². The van der Waals surface area contributed by atoms with Crippen LogP contribution in [0.3, 0.4) is 0 Å². The van der Waals surface area contributed by atoms with Crippen LogP contribution >= 0.6 is 0 Å². The average molecular weight is 266 g/mol. The summed E-state index contributed by atoms with van der Waals surface area (Å²) in [7, 11) is 0. The van der Waals surface area contributed by atoms with Gasteiger partial charge in [-0.05, 0) is 31.6 Å². The Kier molecular flexibility index (Phi) is 5.68. The van der Waals surface area contributed by atoms with Crippen LogP contribution in [-0.2, 0) is 4.79 Å². The van der Waals surface area contributed by atoms with Gasteiger partial charge in [-0.25, -0.2) is 0 Å². The molecule has 3 nitrogen and oxygen atoms in total. The van der Waals surface area contributed by atoms with Crippen molar-refractivity contribution in [2.75, 3.05) is 13.1 Å². The minimum absolute atomic E-state index is 0.200. The molecule has 1 aliphatic carbocycles. The van der Waals surface area contributed by atoms with Crippen LogP contribution in [0.5, 0.6) is 0 Å². The van der Waals surface area contributed by atoms with Crippen molar-refractivity contribution in [2.24, 2.45) is 17.6 Å². The molecule has 110 valence electrons. The highest BCUT2D eigenvalue weighted by molar-refractivity contribution is 5.79. The van der Waals surface area contributed by atoms with E-state index in [1.54, 1.807) is 0 Å². The van der Waals surface area contributed by atoms with E-state index in [1.165, 1.54) is 25.7 Å². The molecule has 2 rings (SSSR count). The van der Waals surface area contributed by atoms with Gasteiger partial charge < -0.3 is 10.6 Å². The number of piperidine rings is 1. The monoisotopic (exact) mass is 266 g/mol. The Bertz CT molecular complexity index is 286. The fourth-order valence-corrected chi connectivity index (χ4v) is 3.81. The van der Waals surface area contributed by atoms with Gasteiger partial charge in [-0.1, -0.05) is 39.0 Å². The summed E-state index contributed by atoms with van der Waals surface area (Å²) in [6, 6.07) is 0.200. The van der Waals surface area contributed by atoms with Gasteiger partial charge in [0, 0.05) is 25.0 Å². The summed E-state index contributed by atoms with van der Waals surface area (Å²) in [5.41, 5.74) is 6.01. The molecule has 0 radical (unpaired) electrons. The van der Waals surface area contributed by atoms with E-state index in [0.29, 0.717) is 5.91 Å². The second-order valence-electron chi connectivity index (χ2n) is 6.56. The van der Waals surface area contributed by atoms with E-state index in [0.717, 1.165) is 51.1 Å². The molecule has 0 spiro atoms. The number of hydrogen-bond donors (Lipinski definition) is 1. The molecule has 19 heavy (non-hydrogen) atoms. The van der Waals surface area contributed by atoms with Gasteiger partial charge in [0.05, 0.1) is 0 Å². The molecule has 1 saturated heterocycles. The van der Waals surface area contributed by atoms with Crippen LogP contribution in [0.15, 0.2) is 0 Å². The van der Waals surface area contributed by atoms with Crippen LogP contribution < -0.4 is 5.73 Å². The van der Waals surface area contributed by atoms with Gasteiger partial charge >= 0.3 is 0 Å². The largest absolute Gasteiger partial charge is 0.341 e. The van der Waals surface area contributed by atoms with Crippen molar-refractivity contribution in [2.45, 2.75) is 70.8 Å². The number of nitrogens with two attached hydrogens (primary N) is 1. The van der Waals surface area contributed by atoms with E-state index < -0.39 is 0 Å². The lowest BCUT2D eigenvalue weighted by Gasteiger charge is -2.34. The molecule has 1 saturated carbocycles. The molecule has 1 aliphatic heterocycles. The van der Waals surface area contributed by atoms with E-state index in [2.05, 4.69) is 6.92 Å². The number of carbonyl (C=O) groups excluding carboxylic acids is 1. The van der Waals surface area contributed by atoms with E-state index in [9.17, 15) is 4.79 Å². The zero-order valence-electron chi connectivity index (χ0n) is 12.4. The van der Waals surface area contributed by atoms with Crippen LogP contribution in [0.2, 0.25) is 0 Å². The number of rotatable bonds is 5. The lowest BCUT2D eigenvalue weighted by atomic mass is 9.88. The van der Waals surface area contributed by atoms with Gasteiger partial charge in [-0.2, -0.15) is 0 Å². The Labute approximate surface area is 117 Å². The third-order valence-electron chi connectivity index (χ3n) is 4.85. The van der Waals surface area contributed by atoms with Crippen LogP contribution in [0.25, 0.3) is 0 Å². The minimum Gasteiger partial charge on any atom is -0.341 e. The van der Waals surface area contributed by atoms with Crippen molar-refractivity contribution in [3.05, 3.63) is 0 Å². The average Bonchev–Trinajstić information content (AvgIpc) is 2.90. The first-order valence-corrected chi connectivity index (χ1v) is 8.25. The van der Waals surface area contributed by atoms with Crippen LogP contribution in [-0.4, -0.2) is 29.9 Å². The standard InChI is InChI=1S/C16H30N2O/c1-2-6-14(11-13-7-3-4-8-13)16(19)18-10-5-9-15(17)12-18/h13-15H,2-12,17H2,1H3. The Hall–Kier alpha value is -0.570. The maximum atomic E-state index is 12.7. The Morgan fingerprint density at radius 3 is 2.63 bits per heavy atom. The highest BCUT2D eigenvalue weighted by atomic mass is 16.2. The van der Waals surface area contributed by atoms with E-state index in [-0.39, 0.29) is 12.0 Å². The quantitative estimate of drug-likeness (QED) is 0.831. The molecular formula is C16H30N2O. The van der Waals surface area contributed by atoms with Gasteiger partial charge in [0.2, 0.25) is 5.91 Å². The summed E-state index contributed by atoms with van der Waals surface area (Å²) in [4.78, 5) is 14.7. The van der Waals surface area contributed by atoms with Crippen molar-refractivity contribution in [3.63, 3.8) is 0 Å². The summed E-state index contributed by atoms with van der Waals surface area (Å²) < 4.78 is 0. The summed E-state index contributed by atoms with van der Waals surface area (Å²) in [5, 5.41) is 0. The minimum atomic E-state index is 0.200. The smallest absolute Gasteiger partial charge is 0.225 e. The van der Waals surface area contributed by atoms with Crippen molar-refractivity contribution >= 4 is 5.91 Å². The van der Waals surface area contributed by atoms with Crippen molar-refractivity contribution in [1.82, 2.24) is 4.90 Å². The van der Waals surface area contributed by atoms with Crippen molar-refractivity contribution in [1.29, 1.82) is 0 Å². The molecule has 1 amide bonds. The maximum absolute atomic E-state index is 12.7. The van der Waals surface area contributed by atoms with Gasteiger partial charge in [-0.3, -0.25) is 4.79 Å². The molecule has 2 atom stereocenters. The highest BCUT2D eigenvalue weighted by Crippen LogP contribution is 2.32. The summed E-state index contributed by atoms with van der Waals surface area (Å²) in [6.45, 7) is 3.90. The molecule has 2 unspecified atom stereocenters. The van der Waals surface area contributed by atoms with Crippen molar-refractivity contribution < 1.29 is 4.79 Å². The number of carbonyl (C=O) groups is 1. The predicted molar refractivity (Wildman–Crippen MR) is 78.8 cm³/mol. The SMILES string of the molecule is CCCC(CC1CCCC1)C(=O)N1CCCC(N)C1. The number of amides is 1. The number of hydrogen-bond acceptors (Lipinski definition) is 2. The first kappa shape index (κ1) is 14.8. The zero-order chi connectivity index (χ0) is 13.7. The third kappa shape index (κ3) is 4.20.